The Kier molecular flexibility index (Phi) is 4.89. The smallest absolute Gasteiger partial charge is 0.383 e. The molecule has 0 aliphatic carbocycles. The van der Waals surface area contributed by atoms with Gasteiger partial charge in [-0.05, 0) is 13.0 Å². The number of hydrogen-bond donors (Lipinski definition) is 1. The fourth-order valence-corrected chi connectivity index (χ4v) is 4.45. The number of nitrogens with two attached hydrogens (primary N) is 1. The number of nitrogens with zero attached hydrogens (tertiary/aromatic N) is 5. The van der Waals surface area contributed by atoms with Gasteiger partial charge in [0.2, 0.25) is 0 Å². The standard InChI is InChI=1S/C20H23F3N6O2/c1-11-9-30-4-2-28(11)18-14-7-13-10-31-5-3-29(13)19(14)27-17(26-18)12-6-15(20(21,22)23)16(24)25-8-12/h6,8,11,13H,2-5,7,9-10H2,1H3,(H2,24,25)/t11-,13-/m1/s1. The third-order valence-electron chi connectivity index (χ3n) is 6.02. The highest BCUT2D eigenvalue weighted by Crippen LogP contribution is 2.41. The Hall–Kier alpha value is -2.66. The van der Waals surface area contributed by atoms with Crippen molar-refractivity contribution in [2.24, 2.45) is 0 Å². The third-order valence-corrected chi connectivity index (χ3v) is 6.02. The van der Waals surface area contributed by atoms with E-state index >= 15 is 0 Å². The molecule has 31 heavy (non-hydrogen) atoms. The molecule has 0 radical (unpaired) electrons. The van der Waals surface area contributed by atoms with Gasteiger partial charge in [0.15, 0.2) is 5.82 Å². The van der Waals surface area contributed by atoms with Crippen molar-refractivity contribution in [3.63, 3.8) is 0 Å². The number of rotatable bonds is 2. The summed E-state index contributed by atoms with van der Waals surface area (Å²) >= 11 is 0. The maximum atomic E-state index is 13.4. The molecule has 2 atom stereocenters. The summed E-state index contributed by atoms with van der Waals surface area (Å²) in [5, 5.41) is 0. The summed E-state index contributed by atoms with van der Waals surface area (Å²) in [6.07, 6.45) is -2.58. The van der Waals surface area contributed by atoms with Crippen LogP contribution in [0.5, 0.6) is 0 Å². The highest BCUT2D eigenvalue weighted by molar-refractivity contribution is 5.71. The highest BCUT2D eigenvalue weighted by atomic mass is 19.4. The lowest BCUT2D eigenvalue weighted by Gasteiger charge is -2.35. The van der Waals surface area contributed by atoms with Crippen LogP contribution in [-0.4, -0.2) is 66.6 Å². The molecule has 2 saturated heterocycles. The maximum absolute atomic E-state index is 13.4. The lowest BCUT2D eigenvalue weighted by Crippen LogP contribution is -2.44. The van der Waals surface area contributed by atoms with Crippen LogP contribution in [0.2, 0.25) is 0 Å². The van der Waals surface area contributed by atoms with Crippen LogP contribution in [0.15, 0.2) is 12.3 Å². The van der Waals surface area contributed by atoms with Gasteiger partial charge in [-0.25, -0.2) is 15.0 Å². The number of alkyl halides is 3. The second kappa shape index (κ2) is 7.49. The largest absolute Gasteiger partial charge is 0.419 e. The Bertz CT molecular complexity index is 1000. The Morgan fingerprint density at radius 3 is 2.45 bits per heavy atom. The zero-order valence-electron chi connectivity index (χ0n) is 17.0. The van der Waals surface area contributed by atoms with Crippen LogP contribution in [0.1, 0.15) is 18.1 Å². The zero-order chi connectivity index (χ0) is 21.8. The fraction of sp³-hybridized carbons (Fsp3) is 0.550. The van der Waals surface area contributed by atoms with Crippen LogP contribution in [0.4, 0.5) is 30.6 Å². The normalized spacial score (nSPS) is 23.6. The summed E-state index contributed by atoms with van der Waals surface area (Å²) in [5.41, 5.74) is 5.68. The second-order valence-electron chi connectivity index (χ2n) is 8.07. The van der Waals surface area contributed by atoms with Gasteiger partial charge in [0.25, 0.3) is 0 Å². The molecule has 3 aliphatic heterocycles. The number of halogens is 3. The lowest BCUT2D eigenvalue weighted by molar-refractivity contribution is -0.137. The molecule has 0 bridgehead atoms. The van der Waals surface area contributed by atoms with E-state index in [0.717, 1.165) is 29.7 Å². The van der Waals surface area contributed by atoms with Crippen molar-refractivity contribution in [2.45, 2.75) is 31.6 Å². The van der Waals surface area contributed by atoms with Crippen LogP contribution in [-0.2, 0) is 22.1 Å². The molecule has 5 rings (SSSR count). The minimum absolute atomic E-state index is 0.0877. The van der Waals surface area contributed by atoms with E-state index < -0.39 is 17.6 Å². The van der Waals surface area contributed by atoms with Crippen molar-refractivity contribution < 1.29 is 22.6 Å². The van der Waals surface area contributed by atoms with E-state index in [9.17, 15) is 13.2 Å². The number of aromatic nitrogens is 3. The van der Waals surface area contributed by atoms with Crippen molar-refractivity contribution in [1.29, 1.82) is 0 Å². The minimum Gasteiger partial charge on any atom is -0.383 e. The molecule has 2 aromatic rings. The molecule has 2 N–H and O–H groups in total. The number of pyridine rings is 1. The first-order valence-corrected chi connectivity index (χ1v) is 10.3. The van der Waals surface area contributed by atoms with E-state index in [0.29, 0.717) is 39.5 Å². The molecular formula is C20H23F3N6O2. The van der Waals surface area contributed by atoms with Crippen molar-refractivity contribution in [3.8, 4) is 11.4 Å². The van der Waals surface area contributed by atoms with Gasteiger partial charge in [0.1, 0.15) is 17.5 Å². The van der Waals surface area contributed by atoms with Crippen LogP contribution < -0.4 is 15.5 Å². The molecule has 0 amide bonds. The predicted octanol–water partition coefficient (Wildman–Crippen LogP) is 2.13. The molecule has 11 heteroatoms. The molecule has 0 aromatic carbocycles. The van der Waals surface area contributed by atoms with Gasteiger partial charge < -0.3 is 25.0 Å². The Balaban J connectivity index is 1.65. The molecule has 2 fully saturated rings. The first kappa shape index (κ1) is 20.3. The first-order chi connectivity index (χ1) is 14.8. The number of morpholine rings is 2. The van der Waals surface area contributed by atoms with Crippen LogP contribution in [0.3, 0.4) is 0 Å². The van der Waals surface area contributed by atoms with Gasteiger partial charge in [0, 0.05) is 36.8 Å². The maximum Gasteiger partial charge on any atom is 0.419 e. The van der Waals surface area contributed by atoms with Crippen molar-refractivity contribution >= 4 is 17.5 Å². The average Bonchev–Trinajstić information content (AvgIpc) is 3.12. The van der Waals surface area contributed by atoms with E-state index in [4.69, 9.17) is 25.2 Å². The number of ether oxygens (including phenoxy) is 2. The molecule has 5 heterocycles. The van der Waals surface area contributed by atoms with E-state index in [-0.39, 0.29) is 23.5 Å². The van der Waals surface area contributed by atoms with Crippen LogP contribution in [0, 0.1) is 0 Å². The fourth-order valence-electron chi connectivity index (χ4n) is 4.45. The van der Waals surface area contributed by atoms with E-state index in [1.807, 2.05) is 6.92 Å². The van der Waals surface area contributed by atoms with Crippen LogP contribution >= 0.6 is 0 Å². The number of fused-ring (bicyclic) bond motifs is 3. The number of nitrogen functional groups attached to an aromatic ring is 1. The summed E-state index contributed by atoms with van der Waals surface area (Å²) < 4.78 is 51.4. The topological polar surface area (TPSA) is 89.6 Å². The summed E-state index contributed by atoms with van der Waals surface area (Å²) in [6.45, 7) is 5.68. The van der Waals surface area contributed by atoms with Gasteiger partial charge in [-0.1, -0.05) is 0 Å². The quantitative estimate of drug-likeness (QED) is 0.766. The zero-order valence-corrected chi connectivity index (χ0v) is 17.0. The Labute approximate surface area is 177 Å². The molecule has 0 saturated carbocycles. The summed E-state index contributed by atoms with van der Waals surface area (Å²) in [7, 11) is 0. The van der Waals surface area contributed by atoms with Crippen molar-refractivity contribution in [1.82, 2.24) is 15.0 Å². The lowest BCUT2D eigenvalue weighted by atomic mass is 10.1. The Morgan fingerprint density at radius 2 is 1.74 bits per heavy atom. The molecule has 0 spiro atoms. The van der Waals surface area contributed by atoms with E-state index in [1.54, 1.807) is 0 Å². The van der Waals surface area contributed by atoms with Gasteiger partial charge in [-0.15, -0.1) is 0 Å². The molecule has 2 aromatic heterocycles. The molecular weight excluding hydrogens is 413 g/mol. The molecule has 3 aliphatic rings. The highest BCUT2D eigenvalue weighted by Gasteiger charge is 2.39. The number of hydrogen-bond acceptors (Lipinski definition) is 8. The molecule has 0 unspecified atom stereocenters. The number of anilines is 3. The predicted molar refractivity (Wildman–Crippen MR) is 108 cm³/mol. The summed E-state index contributed by atoms with van der Waals surface area (Å²) in [5.74, 6) is 1.15. The first-order valence-electron chi connectivity index (χ1n) is 10.3. The van der Waals surface area contributed by atoms with Gasteiger partial charge in [-0.2, -0.15) is 13.2 Å². The average molecular weight is 436 g/mol. The van der Waals surface area contributed by atoms with E-state index in [2.05, 4.69) is 14.8 Å². The minimum atomic E-state index is -4.61. The van der Waals surface area contributed by atoms with Gasteiger partial charge in [0.05, 0.1) is 44.1 Å². The van der Waals surface area contributed by atoms with Crippen molar-refractivity contribution in [3.05, 3.63) is 23.4 Å². The third kappa shape index (κ3) is 3.55. The summed E-state index contributed by atoms with van der Waals surface area (Å²) in [6, 6.07) is 1.21. The monoisotopic (exact) mass is 436 g/mol. The Morgan fingerprint density at radius 1 is 1.06 bits per heavy atom. The van der Waals surface area contributed by atoms with Gasteiger partial charge in [-0.3, -0.25) is 0 Å². The summed E-state index contributed by atoms with van der Waals surface area (Å²) in [4.78, 5) is 17.5. The van der Waals surface area contributed by atoms with Crippen LogP contribution in [0.25, 0.3) is 11.4 Å². The SMILES string of the molecule is C[C@@H]1COCCN1c1nc(-c2cnc(N)c(C(F)(F)F)c2)nc2c1C[C@@H]1COCCN21. The van der Waals surface area contributed by atoms with Crippen molar-refractivity contribution in [2.75, 3.05) is 55.1 Å². The van der Waals surface area contributed by atoms with E-state index in [1.165, 1.54) is 6.20 Å². The molecule has 8 nitrogen and oxygen atoms in total. The second-order valence-corrected chi connectivity index (χ2v) is 8.07. The van der Waals surface area contributed by atoms with Gasteiger partial charge >= 0.3 is 6.18 Å². The molecule has 166 valence electrons.